The van der Waals surface area contributed by atoms with Gasteiger partial charge in [0.15, 0.2) is 0 Å². The highest BCUT2D eigenvalue weighted by molar-refractivity contribution is 7.89. The quantitative estimate of drug-likeness (QED) is 0.369. The van der Waals surface area contributed by atoms with Gasteiger partial charge in [-0.25, -0.2) is 12.8 Å². The molecule has 0 radical (unpaired) electrons. The zero-order valence-corrected chi connectivity index (χ0v) is 23.8. The molecule has 1 saturated heterocycles. The summed E-state index contributed by atoms with van der Waals surface area (Å²) in [6.07, 6.45) is 2.27. The summed E-state index contributed by atoms with van der Waals surface area (Å²) in [5.74, 6) is -0.885. The molecule has 2 amide bonds. The highest BCUT2D eigenvalue weighted by atomic mass is 32.2. The van der Waals surface area contributed by atoms with E-state index >= 15 is 0 Å². The molecule has 0 aromatic heterocycles. The van der Waals surface area contributed by atoms with Crippen molar-refractivity contribution >= 4 is 21.8 Å². The molecule has 0 aliphatic carbocycles. The number of nitrogens with one attached hydrogen (secondary N) is 1. The van der Waals surface area contributed by atoms with Crippen molar-refractivity contribution in [3.05, 3.63) is 101 Å². The number of aryl methyl sites for hydroxylation is 2. The van der Waals surface area contributed by atoms with Gasteiger partial charge in [0.25, 0.3) is 0 Å². The van der Waals surface area contributed by atoms with Crippen molar-refractivity contribution in [2.45, 2.75) is 63.6 Å². The Morgan fingerprint density at radius 1 is 0.900 bits per heavy atom. The Kier molecular flexibility index (Phi) is 9.71. The minimum Gasteiger partial charge on any atom is -0.350 e. The minimum absolute atomic E-state index is 0.134. The van der Waals surface area contributed by atoms with E-state index in [1.807, 2.05) is 31.2 Å². The van der Waals surface area contributed by atoms with Gasteiger partial charge in [-0.05, 0) is 74.1 Å². The molecule has 0 unspecified atom stereocenters. The topological polar surface area (TPSA) is 86.8 Å². The zero-order valence-electron chi connectivity index (χ0n) is 23.0. The Morgan fingerprint density at radius 2 is 1.48 bits per heavy atom. The zero-order chi connectivity index (χ0) is 28.7. The van der Waals surface area contributed by atoms with Crippen molar-refractivity contribution < 1.29 is 22.4 Å². The van der Waals surface area contributed by atoms with Crippen LogP contribution in [0, 0.1) is 12.7 Å². The van der Waals surface area contributed by atoms with Gasteiger partial charge in [0.1, 0.15) is 11.9 Å². The van der Waals surface area contributed by atoms with Crippen molar-refractivity contribution in [3.63, 3.8) is 0 Å². The summed E-state index contributed by atoms with van der Waals surface area (Å²) in [5, 5.41) is 2.91. The first-order chi connectivity index (χ1) is 19.1. The van der Waals surface area contributed by atoms with Gasteiger partial charge in [0.05, 0.1) is 4.90 Å². The van der Waals surface area contributed by atoms with Crippen LogP contribution in [0.25, 0.3) is 0 Å². The fourth-order valence-electron chi connectivity index (χ4n) is 4.71. The second-order valence-electron chi connectivity index (χ2n) is 10.3. The van der Waals surface area contributed by atoms with Crippen molar-refractivity contribution in [2.24, 2.45) is 0 Å². The van der Waals surface area contributed by atoms with Crippen LogP contribution in [0.15, 0.2) is 77.7 Å². The number of rotatable bonds is 11. The molecule has 1 atom stereocenters. The number of hydrogen-bond acceptors (Lipinski definition) is 4. The Morgan fingerprint density at radius 3 is 2.10 bits per heavy atom. The Bertz CT molecular complexity index is 1400. The van der Waals surface area contributed by atoms with Crippen LogP contribution in [-0.4, -0.2) is 48.6 Å². The predicted molar refractivity (Wildman–Crippen MR) is 152 cm³/mol. The highest BCUT2D eigenvalue weighted by Gasteiger charge is 2.28. The SMILES string of the molecule is Cc1ccc(CNC(=O)[C@@H](C)N(Cc2ccc(F)cc2)C(=O)CCc2ccc(S(=O)(=O)N3CCCC3)cc2)cc1. The maximum Gasteiger partial charge on any atom is 0.243 e. The second-order valence-corrected chi connectivity index (χ2v) is 12.2. The Labute approximate surface area is 236 Å². The molecule has 0 bridgehead atoms. The molecule has 1 N–H and O–H groups in total. The lowest BCUT2D eigenvalue weighted by Gasteiger charge is -2.29. The third-order valence-electron chi connectivity index (χ3n) is 7.27. The number of carbonyl (C=O) groups excluding carboxylic acids is 2. The fourth-order valence-corrected chi connectivity index (χ4v) is 6.23. The molecule has 212 valence electrons. The van der Waals surface area contributed by atoms with E-state index < -0.39 is 16.1 Å². The third kappa shape index (κ3) is 7.55. The molecule has 9 heteroatoms. The average Bonchev–Trinajstić information content (AvgIpc) is 3.51. The molecule has 7 nitrogen and oxygen atoms in total. The average molecular weight is 566 g/mol. The number of nitrogens with zero attached hydrogens (tertiary/aromatic N) is 2. The van der Waals surface area contributed by atoms with E-state index in [1.54, 1.807) is 43.3 Å². The molecule has 1 fully saturated rings. The number of benzene rings is 3. The second kappa shape index (κ2) is 13.2. The summed E-state index contributed by atoms with van der Waals surface area (Å²) in [7, 11) is -3.50. The number of halogens is 1. The van der Waals surface area contributed by atoms with E-state index in [1.165, 1.54) is 21.3 Å². The van der Waals surface area contributed by atoms with E-state index in [0.717, 1.165) is 29.5 Å². The molecule has 40 heavy (non-hydrogen) atoms. The van der Waals surface area contributed by atoms with Crippen molar-refractivity contribution in [1.29, 1.82) is 0 Å². The van der Waals surface area contributed by atoms with E-state index in [2.05, 4.69) is 5.32 Å². The van der Waals surface area contributed by atoms with Crippen molar-refractivity contribution in [3.8, 4) is 0 Å². The Hall–Kier alpha value is -3.56. The van der Waals surface area contributed by atoms with Crippen LogP contribution in [0.1, 0.15) is 48.4 Å². The standard InChI is InChI=1S/C31H36FN3O4S/c1-23-5-7-26(8-6-23)21-33-31(37)24(2)35(22-27-9-14-28(32)15-10-27)30(36)18-13-25-11-16-29(17-12-25)40(38,39)34-19-3-4-20-34/h5-12,14-17,24H,3-4,13,18-22H2,1-2H3,(H,33,37)/t24-/m1/s1. The lowest BCUT2D eigenvalue weighted by Crippen LogP contribution is -2.47. The van der Waals surface area contributed by atoms with E-state index in [4.69, 9.17) is 0 Å². The van der Waals surface area contributed by atoms with Gasteiger partial charge < -0.3 is 10.2 Å². The smallest absolute Gasteiger partial charge is 0.243 e. The lowest BCUT2D eigenvalue weighted by atomic mass is 10.1. The normalized spacial score (nSPS) is 14.6. The molecule has 1 aliphatic heterocycles. The molecule has 3 aromatic rings. The highest BCUT2D eigenvalue weighted by Crippen LogP contribution is 2.22. The Balaban J connectivity index is 1.42. The predicted octanol–water partition coefficient (Wildman–Crippen LogP) is 4.58. The first-order valence-corrected chi connectivity index (χ1v) is 15.0. The van der Waals surface area contributed by atoms with Gasteiger partial charge in [0.2, 0.25) is 21.8 Å². The summed E-state index contributed by atoms with van der Waals surface area (Å²) in [5.41, 5.74) is 3.62. The number of sulfonamides is 1. The number of hydrogen-bond donors (Lipinski definition) is 1. The molecule has 1 aliphatic rings. The molecule has 0 saturated carbocycles. The van der Waals surface area contributed by atoms with Gasteiger partial charge >= 0.3 is 0 Å². The lowest BCUT2D eigenvalue weighted by molar-refractivity contribution is -0.140. The maximum absolute atomic E-state index is 13.5. The van der Waals surface area contributed by atoms with Crippen LogP contribution in [0.5, 0.6) is 0 Å². The van der Waals surface area contributed by atoms with Crippen molar-refractivity contribution in [2.75, 3.05) is 13.1 Å². The first-order valence-electron chi connectivity index (χ1n) is 13.6. The van der Waals surface area contributed by atoms with Crippen LogP contribution in [0.3, 0.4) is 0 Å². The van der Waals surface area contributed by atoms with Gasteiger partial charge in [-0.2, -0.15) is 4.31 Å². The van der Waals surface area contributed by atoms with E-state index in [-0.39, 0.29) is 35.5 Å². The molecular formula is C31H36FN3O4S. The van der Waals surface area contributed by atoms with Crippen LogP contribution in [0.2, 0.25) is 0 Å². The summed E-state index contributed by atoms with van der Waals surface area (Å²) >= 11 is 0. The van der Waals surface area contributed by atoms with E-state index in [0.29, 0.717) is 31.6 Å². The van der Waals surface area contributed by atoms with Crippen LogP contribution in [-0.2, 0) is 39.1 Å². The molecule has 0 spiro atoms. The number of amides is 2. The third-order valence-corrected chi connectivity index (χ3v) is 9.19. The minimum atomic E-state index is -3.50. The molecule has 4 rings (SSSR count). The van der Waals surface area contributed by atoms with Crippen LogP contribution in [0.4, 0.5) is 4.39 Å². The summed E-state index contributed by atoms with van der Waals surface area (Å²) < 4.78 is 40.6. The van der Waals surface area contributed by atoms with Crippen LogP contribution >= 0.6 is 0 Å². The van der Waals surface area contributed by atoms with Crippen molar-refractivity contribution in [1.82, 2.24) is 14.5 Å². The molecular weight excluding hydrogens is 529 g/mol. The van der Waals surface area contributed by atoms with Gasteiger partial charge in [-0.1, -0.05) is 54.1 Å². The van der Waals surface area contributed by atoms with Gasteiger partial charge in [-0.15, -0.1) is 0 Å². The van der Waals surface area contributed by atoms with E-state index in [9.17, 15) is 22.4 Å². The fraction of sp³-hybridized carbons (Fsp3) is 0.355. The summed E-state index contributed by atoms with van der Waals surface area (Å²) in [6, 6.07) is 19.6. The summed E-state index contributed by atoms with van der Waals surface area (Å²) in [4.78, 5) is 28.2. The van der Waals surface area contributed by atoms with Gasteiger partial charge in [-0.3, -0.25) is 9.59 Å². The summed E-state index contributed by atoms with van der Waals surface area (Å²) in [6.45, 7) is 5.26. The molecule has 1 heterocycles. The number of carbonyl (C=O) groups is 2. The van der Waals surface area contributed by atoms with Crippen LogP contribution < -0.4 is 5.32 Å². The monoisotopic (exact) mass is 565 g/mol. The van der Waals surface area contributed by atoms with Gasteiger partial charge in [0, 0.05) is 32.6 Å². The molecule has 3 aromatic carbocycles. The maximum atomic E-state index is 13.5. The largest absolute Gasteiger partial charge is 0.350 e. The first kappa shape index (κ1) is 29.4.